The summed E-state index contributed by atoms with van der Waals surface area (Å²) in [6.45, 7) is 0.334. The van der Waals surface area contributed by atoms with Gasteiger partial charge in [-0.1, -0.05) is 12.1 Å². The minimum absolute atomic E-state index is 0.334. The Morgan fingerprint density at radius 3 is 1.05 bits per heavy atom. The largest absolute Gasteiger partial charge is 0.345 e. The highest BCUT2D eigenvalue weighted by Crippen LogP contribution is 2.61. The number of nitrogens with one attached hydrogen (secondary N) is 1. The van der Waals surface area contributed by atoms with Crippen LogP contribution in [0.2, 0.25) is 0 Å². The second-order valence-electron chi connectivity index (χ2n) is 12.2. The van der Waals surface area contributed by atoms with Gasteiger partial charge in [-0.2, -0.15) is 31.6 Å². The first-order chi connectivity index (χ1) is 26.9. The first-order valence-corrected chi connectivity index (χ1v) is 20.3. The van der Waals surface area contributed by atoms with Gasteiger partial charge in [-0.25, -0.2) is 4.52 Å². The normalized spacial score (nSPS) is 10.6. The van der Waals surface area contributed by atoms with Crippen LogP contribution in [0.25, 0.3) is 0 Å². The highest BCUT2D eigenvalue weighted by Gasteiger charge is 2.33. The van der Waals surface area contributed by atoms with Crippen molar-refractivity contribution in [3.63, 3.8) is 0 Å². The van der Waals surface area contributed by atoms with Crippen molar-refractivity contribution >= 4 is 41.3 Å². The third-order valence-electron chi connectivity index (χ3n) is 8.81. The lowest BCUT2D eigenvalue weighted by Gasteiger charge is -2.33. The summed E-state index contributed by atoms with van der Waals surface area (Å²) in [6, 6.07) is 56.7. The summed E-state index contributed by atoms with van der Waals surface area (Å²) in [4.78, 5) is 0. The van der Waals surface area contributed by atoms with Gasteiger partial charge in [0.15, 0.2) is 0 Å². The fourth-order valence-electron chi connectivity index (χ4n) is 5.91. The number of nitrogens with zero attached hydrogens (tertiary/aromatic N) is 8. The molecule has 55 heavy (non-hydrogen) atoms. The van der Waals surface area contributed by atoms with E-state index in [4.69, 9.17) is 9.26 Å². The van der Waals surface area contributed by atoms with Crippen LogP contribution < -0.4 is 26.3 Å². The van der Waals surface area contributed by atoms with Crippen molar-refractivity contribution in [1.82, 2.24) is 0 Å². The molecule has 0 fully saturated rings. The third-order valence-corrected chi connectivity index (χ3v) is 16.2. The lowest BCUT2D eigenvalue weighted by Crippen LogP contribution is -2.25. The molecule has 0 aromatic heterocycles. The molecule has 0 aliphatic rings. The number of rotatable bonds is 10. The second kappa shape index (κ2) is 16.9. The van der Waals surface area contributed by atoms with E-state index in [1.807, 2.05) is 72.8 Å². The molecule has 9 nitrogen and oxygen atoms in total. The summed E-state index contributed by atoms with van der Waals surface area (Å²) in [7, 11) is -6.53. The fraction of sp³-hybridized carbons (Fsp3) is 0.0455. The number of hydrogen-bond donors (Lipinski definition) is 1. The third kappa shape index (κ3) is 8.13. The van der Waals surface area contributed by atoms with Gasteiger partial charge in [0, 0.05) is 33.5 Å². The van der Waals surface area contributed by atoms with E-state index in [1.165, 1.54) is 0 Å². The molecule has 260 valence electrons. The maximum atomic E-state index is 9.77. The van der Waals surface area contributed by atoms with E-state index >= 15 is 0 Å². The van der Waals surface area contributed by atoms with Crippen LogP contribution in [0.15, 0.2) is 155 Å². The van der Waals surface area contributed by atoms with E-state index in [0.717, 1.165) is 26.8 Å². The van der Waals surface area contributed by atoms with Crippen LogP contribution in [0.5, 0.6) is 0 Å². The maximum absolute atomic E-state index is 9.77. The summed E-state index contributed by atoms with van der Waals surface area (Å²) in [5.41, 5.74) is 4.57. The van der Waals surface area contributed by atoms with Crippen molar-refractivity contribution in [3.8, 4) is 36.4 Å². The van der Waals surface area contributed by atoms with Crippen molar-refractivity contribution in [2.45, 2.75) is 6.42 Å². The van der Waals surface area contributed by atoms with Gasteiger partial charge in [-0.3, -0.25) is 4.74 Å². The smallest absolute Gasteiger partial charge is 0.132 e. The minimum Gasteiger partial charge on any atom is -0.345 e. The summed E-state index contributed by atoms with van der Waals surface area (Å²) in [5.74, 6) is 0. The van der Waals surface area contributed by atoms with E-state index in [1.54, 1.807) is 72.8 Å². The van der Waals surface area contributed by atoms with Gasteiger partial charge >= 0.3 is 0 Å². The molecule has 0 unspecified atom stereocenters. The Labute approximate surface area is 320 Å². The molecule has 0 amide bonds. The van der Waals surface area contributed by atoms with Crippen molar-refractivity contribution in [1.29, 1.82) is 31.6 Å². The van der Waals surface area contributed by atoms with Crippen LogP contribution in [-0.4, -0.2) is 6.54 Å². The quantitative estimate of drug-likeness (QED) is 0.138. The highest BCUT2D eigenvalue weighted by atomic mass is 31.2. The molecular weight excluding hydrogens is 716 g/mol. The lowest BCUT2D eigenvalue weighted by molar-refractivity contribution is 0.978. The van der Waals surface area contributed by atoms with Crippen molar-refractivity contribution < 1.29 is 0 Å². The van der Waals surface area contributed by atoms with Crippen LogP contribution in [0, 0.1) is 68.0 Å². The monoisotopic (exact) mass is 745 g/mol. The van der Waals surface area contributed by atoms with Gasteiger partial charge < -0.3 is 5.09 Å². The van der Waals surface area contributed by atoms with Gasteiger partial charge in [0.25, 0.3) is 0 Å². The van der Waals surface area contributed by atoms with Gasteiger partial charge in [0.05, 0.1) is 69.8 Å². The standard InChI is InChI=1S/C44H29N9P2/c45-27-34-3-1-33(2-4-34)25-26-51-54(41-17-7-36(29-47)8-18-41,42-19-9-37(30-48)10-20-42)53-55(43-21-11-38(31-49)12-22-43,44-23-13-39(32-50)14-24-44)52-40-15-5-35(28-46)6-16-40/h1-24,52H,25-26H2. The summed E-state index contributed by atoms with van der Waals surface area (Å²) >= 11 is 0. The molecule has 0 aliphatic heterocycles. The molecule has 0 aliphatic carbocycles. The molecule has 6 rings (SSSR count). The molecule has 0 saturated heterocycles. The molecule has 1 N–H and O–H groups in total. The Balaban J connectivity index is 1.77. The Kier molecular flexibility index (Phi) is 11.5. The predicted octanol–water partition coefficient (Wildman–Crippen LogP) is 8.11. The molecule has 0 radical (unpaired) electrons. The van der Waals surface area contributed by atoms with Crippen LogP contribution >= 0.6 is 14.4 Å². The Morgan fingerprint density at radius 2 is 0.709 bits per heavy atom. The van der Waals surface area contributed by atoms with Crippen LogP contribution in [-0.2, 0) is 6.42 Å². The van der Waals surface area contributed by atoms with E-state index in [9.17, 15) is 31.6 Å². The van der Waals surface area contributed by atoms with Gasteiger partial charge in [-0.15, -0.1) is 0 Å². The Hall–Kier alpha value is -7.48. The lowest BCUT2D eigenvalue weighted by atomic mass is 10.1. The van der Waals surface area contributed by atoms with E-state index < -0.39 is 14.4 Å². The molecule has 0 spiro atoms. The second-order valence-corrected chi connectivity index (χ2v) is 17.9. The first kappa shape index (κ1) is 37.3. The average Bonchev–Trinajstić information content (AvgIpc) is 3.26. The van der Waals surface area contributed by atoms with Crippen LogP contribution in [0.3, 0.4) is 0 Å². The fourth-order valence-corrected chi connectivity index (χ4v) is 13.9. The maximum Gasteiger partial charge on any atom is 0.132 e. The Morgan fingerprint density at radius 1 is 0.400 bits per heavy atom. The minimum atomic E-state index is -3.27. The van der Waals surface area contributed by atoms with Crippen LogP contribution in [0.1, 0.15) is 38.9 Å². The van der Waals surface area contributed by atoms with Crippen molar-refractivity contribution in [3.05, 3.63) is 185 Å². The van der Waals surface area contributed by atoms with Crippen molar-refractivity contribution in [2.75, 3.05) is 11.6 Å². The number of nitriles is 6. The number of anilines is 1. The van der Waals surface area contributed by atoms with E-state index in [-0.39, 0.29) is 0 Å². The van der Waals surface area contributed by atoms with E-state index in [2.05, 4.69) is 41.5 Å². The first-order valence-electron chi connectivity index (χ1n) is 16.9. The zero-order valence-corrected chi connectivity index (χ0v) is 31.0. The number of hydrogen-bond acceptors (Lipinski definition) is 7. The van der Waals surface area contributed by atoms with Crippen molar-refractivity contribution in [2.24, 2.45) is 9.26 Å². The Bertz CT molecular complexity index is 2590. The predicted molar refractivity (Wildman–Crippen MR) is 216 cm³/mol. The molecule has 0 atom stereocenters. The topological polar surface area (TPSA) is 179 Å². The summed E-state index contributed by atoms with van der Waals surface area (Å²) < 4.78 is 11.6. The SMILES string of the molecule is N#Cc1ccc(CCN=P(N=P(Nc2ccc(C#N)cc2)(c2ccc(C#N)cc2)c2ccc(C#N)cc2)(c2ccc(C#N)cc2)c2ccc(C#N)cc2)cc1. The highest BCUT2D eigenvalue weighted by molar-refractivity contribution is 7.91. The van der Waals surface area contributed by atoms with Crippen LogP contribution in [0.4, 0.5) is 5.69 Å². The van der Waals surface area contributed by atoms with Gasteiger partial charge in [-0.05, 0) is 145 Å². The average molecular weight is 746 g/mol. The summed E-state index contributed by atoms with van der Waals surface area (Å²) in [6.07, 6.45) is 0.539. The zero-order chi connectivity index (χ0) is 38.7. The molecule has 0 saturated carbocycles. The van der Waals surface area contributed by atoms with Gasteiger partial charge in [0.2, 0.25) is 0 Å². The van der Waals surface area contributed by atoms with Gasteiger partial charge in [0.1, 0.15) is 14.4 Å². The molecular formula is C44H29N9P2. The number of benzene rings is 6. The molecule has 11 heteroatoms. The molecule has 0 heterocycles. The molecule has 6 aromatic rings. The summed E-state index contributed by atoms with van der Waals surface area (Å²) in [5, 5.41) is 64.9. The molecule has 0 bridgehead atoms. The zero-order valence-electron chi connectivity index (χ0n) is 29.2. The van der Waals surface area contributed by atoms with E-state index in [0.29, 0.717) is 52.0 Å². The molecule has 6 aromatic carbocycles.